The van der Waals surface area contributed by atoms with Gasteiger partial charge in [0, 0.05) is 24.5 Å². The van der Waals surface area contributed by atoms with Crippen molar-refractivity contribution in [3.05, 3.63) is 54.7 Å². The van der Waals surface area contributed by atoms with Crippen LogP contribution in [0.2, 0.25) is 0 Å². The highest BCUT2D eigenvalue weighted by Gasteiger charge is 2.15. The maximum absolute atomic E-state index is 12.3. The highest BCUT2D eigenvalue weighted by atomic mass is 32.2. The van der Waals surface area contributed by atoms with Gasteiger partial charge in [-0.15, -0.1) is 0 Å². The summed E-state index contributed by atoms with van der Waals surface area (Å²) >= 11 is 0. The van der Waals surface area contributed by atoms with Crippen molar-refractivity contribution in [3.63, 3.8) is 0 Å². The molecule has 6 nitrogen and oxygen atoms in total. The van der Waals surface area contributed by atoms with Crippen molar-refractivity contribution in [1.29, 1.82) is 0 Å². The fourth-order valence-corrected chi connectivity index (χ4v) is 3.65. The first-order chi connectivity index (χ1) is 12.5. The van der Waals surface area contributed by atoms with Gasteiger partial charge in [-0.1, -0.05) is 24.3 Å². The van der Waals surface area contributed by atoms with Crippen molar-refractivity contribution in [2.24, 2.45) is 0 Å². The molecule has 0 bridgehead atoms. The van der Waals surface area contributed by atoms with Gasteiger partial charge in [0.25, 0.3) is 0 Å². The monoisotopic (exact) mass is 381 g/mol. The Kier molecular flexibility index (Phi) is 5.48. The number of aryl methyl sites for hydroxylation is 1. The van der Waals surface area contributed by atoms with Crippen LogP contribution in [0.1, 0.15) is 6.42 Å². The minimum atomic E-state index is -3.81. The van der Waals surface area contributed by atoms with Crippen LogP contribution < -0.4 is 9.46 Å². The molecule has 26 heavy (non-hydrogen) atoms. The molecule has 0 saturated heterocycles. The van der Waals surface area contributed by atoms with Gasteiger partial charge >= 0.3 is 6.61 Å². The van der Waals surface area contributed by atoms with Crippen molar-refractivity contribution in [3.8, 4) is 5.75 Å². The molecule has 9 heteroatoms. The number of para-hydroxylation sites is 1. The van der Waals surface area contributed by atoms with E-state index < -0.39 is 16.6 Å². The van der Waals surface area contributed by atoms with Gasteiger partial charge in [0.05, 0.1) is 16.6 Å². The van der Waals surface area contributed by atoms with Crippen molar-refractivity contribution < 1.29 is 21.9 Å². The molecular formula is C17H17F2N3O3S. The summed E-state index contributed by atoms with van der Waals surface area (Å²) in [6, 6.07) is 12.7. The summed E-state index contributed by atoms with van der Waals surface area (Å²) in [6.45, 7) is -2.27. The predicted octanol–water partition coefficient (Wildman–Crippen LogP) is 3.01. The zero-order valence-electron chi connectivity index (χ0n) is 13.7. The molecule has 1 heterocycles. The lowest BCUT2D eigenvalue weighted by Crippen LogP contribution is -2.25. The number of aromatic nitrogens is 2. The quantitative estimate of drug-likeness (QED) is 0.609. The third-order valence-corrected chi connectivity index (χ3v) is 5.19. The molecular weight excluding hydrogens is 364 g/mol. The predicted molar refractivity (Wildman–Crippen MR) is 92.6 cm³/mol. The first kappa shape index (κ1) is 18.3. The molecule has 138 valence electrons. The zero-order chi connectivity index (χ0) is 18.6. The molecule has 0 aliphatic rings. The second-order valence-corrected chi connectivity index (χ2v) is 7.30. The molecule has 1 N–H and O–H groups in total. The number of benzene rings is 2. The van der Waals surface area contributed by atoms with E-state index in [9.17, 15) is 17.2 Å². The van der Waals surface area contributed by atoms with E-state index in [0.717, 1.165) is 17.0 Å². The van der Waals surface area contributed by atoms with Gasteiger partial charge in [-0.05, 0) is 24.6 Å². The SMILES string of the molecule is O=S(=O)(NCCCn1ncc2ccccc21)c1cccc(OC(F)F)c1. The Morgan fingerprint density at radius 1 is 1.15 bits per heavy atom. The van der Waals surface area contributed by atoms with E-state index in [4.69, 9.17) is 0 Å². The van der Waals surface area contributed by atoms with E-state index in [2.05, 4.69) is 14.6 Å². The van der Waals surface area contributed by atoms with Gasteiger partial charge in [-0.2, -0.15) is 13.9 Å². The molecule has 2 aromatic carbocycles. The van der Waals surface area contributed by atoms with Crippen LogP contribution in [0.25, 0.3) is 10.9 Å². The molecule has 0 fully saturated rings. The Balaban J connectivity index is 1.58. The third-order valence-electron chi connectivity index (χ3n) is 3.73. The largest absolute Gasteiger partial charge is 0.435 e. The van der Waals surface area contributed by atoms with E-state index >= 15 is 0 Å². The minimum absolute atomic E-state index is 0.125. The van der Waals surface area contributed by atoms with Gasteiger partial charge in [0.2, 0.25) is 10.0 Å². The first-order valence-electron chi connectivity index (χ1n) is 7.91. The summed E-state index contributed by atoms with van der Waals surface area (Å²) in [6.07, 6.45) is 2.28. The van der Waals surface area contributed by atoms with Gasteiger partial charge < -0.3 is 4.74 Å². The number of ether oxygens (including phenoxy) is 1. The number of rotatable bonds is 8. The van der Waals surface area contributed by atoms with Crippen LogP contribution in [-0.2, 0) is 16.6 Å². The number of nitrogens with one attached hydrogen (secondary N) is 1. The minimum Gasteiger partial charge on any atom is -0.435 e. The molecule has 0 saturated carbocycles. The van der Waals surface area contributed by atoms with Crippen LogP contribution in [0.15, 0.2) is 59.6 Å². The standard InChI is InChI=1S/C17H17F2N3O3S/c18-17(19)25-14-6-3-7-15(11-14)26(23,24)21-9-4-10-22-16-8-2-1-5-13(16)12-20-22/h1-3,5-8,11-12,17,21H,4,9-10H2. The third kappa shape index (κ3) is 4.36. The smallest absolute Gasteiger partial charge is 0.387 e. The van der Waals surface area contributed by atoms with Crippen LogP contribution in [0.5, 0.6) is 5.75 Å². The topological polar surface area (TPSA) is 73.2 Å². The molecule has 0 aliphatic heterocycles. The molecule has 3 rings (SSSR count). The maximum Gasteiger partial charge on any atom is 0.387 e. The fourth-order valence-electron chi connectivity index (χ4n) is 2.54. The average molecular weight is 381 g/mol. The van der Waals surface area contributed by atoms with Crippen LogP contribution in [-0.4, -0.2) is 31.4 Å². The average Bonchev–Trinajstić information content (AvgIpc) is 3.02. The molecule has 1 aromatic heterocycles. The Hall–Kier alpha value is -2.52. The molecule has 0 spiro atoms. The lowest BCUT2D eigenvalue weighted by atomic mass is 10.2. The second kappa shape index (κ2) is 7.79. The zero-order valence-corrected chi connectivity index (χ0v) is 14.5. The van der Waals surface area contributed by atoms with Crippen LogP contribution in [0.3, 0.4) is 0 Å². The molecule has 0 atom stereocenters. The van der Waals surface area contributed by atoms with Crippen LogP contribution in [0.4, 0.5) is 8.78 Å². The number of hydrogen-bond donors (Lipinski definition) is 1. The highest BCUT2D eigenvalue weighted by Crippen LogP contribution is 2.19. The van der Waals surface area contributed by atoms with Crippen molar-refractivity contribution in [1.82, 2.24) is 14.5 Å². The van der Waals surface area contributed by atoms with Gasteiger partial charge in [-0.3, -0.25) is 4.68 Å². The molecule has 0 aliphatic carbocycles. The van der Waals surface area contributed by atoms with Crippen LogP contribution in [0, 0.1) is 0 Å². The molecule has 3 aromatic rings. The van der Waals surface area contributed by atoms with E-state index in [0.29, 0.717) is 13.0 Å². The first-order valence-corrected chi connectivity index (χ1v) is 9.39. The van der Waals surface area contributed by atoms with Gasteiger partial charge in [0.15, 0.2) is 0 Å². The number of halogens is 2. The lowest BCUT2D eigenvalue weighted by molar-refractivity contribution is -0.0499. The Labute approximate surface area is 149 Å². The summed E-state index contributed by atoms with van der Waals surface area (Å²) in [5.41, 5.74) is 0.979. The number of sulfonamides is 1. The summed E-state index contributed by atoms with van der Waals surface area (Å²) in [7, 11) is -3.81. The second-order valence-electron chi connectivity index (χ2n) is 5.53. The van der Waals surface area contributed by atoms with E-state index in [1.807, 2.05) is 24.3 Å². The summed E-state index contributed by atoms with van der Waals surface area (Å²) in [4.78, 5) is -0.125. The van der Waals surface area contributed by atoms with E-state index in [-0.39, 0.29) is 17.2 Å². The number of alkyl halides is 2. The summed E-state index contributed by atoms with van der Waals surface area (Å²) in [5.74, 6) is -0.203. The summed E-state index contributed by atoms with van der Waals surface area (Å²) in [5, 5.41) is 5.30. The normalized spacial score (nSPS) is 12.0. The van der Waals surface area contributed by atoms with Crippen LogP contribution >= 0.6 is 0 Å². The molecule has 0 radical (unpaired) electrons. The molecule has 0 amide bonds. The van der Waals surface area contributed by atoms with E-state index in [1.165, 1.54) is 18.2 Å². The highest BCUT2D eigenvalue weighted by molar-refractivity contribution is 7.89. The van der Waals surface area contributed by atoms with Crippen molar-refractivity contribution in [2.75, 3.05) is 6.54 Å². The Bertz CT molecular complexity index is 990. The van der Waals surface area contributed by atoms with Gasteiger partial charge in [0.1, 0.15) is 5.75 Å². The Morgan fingerprint density at radius 3 is 2.77 bits per heavy atom. The summed E-state index contributed by atoms with van der Waals surface area (Å²) < 4.78 is 57.5. The number of fused-ring (bicyclic) bond motifs is 1. The van der Waals surface area contributed by atoms with Gasteiger partial charge in [-0.25, -0.2) is 13.1 Å². The maximum atomic E-state index is 12.3. The van der Waals surface area contributed by atoms with Crippen molar-refractivity contribution in [2.45, 2.75) is 24.5 Å². The molecule has 0 unspecified atom stereocenters. The van der Waals surface area contributed by atoms with Crippen molar-refractivity contribution >= 4 is 20.9 Å². The number of nitrogens with zero attached hydrogens (tertiary/aromatic N) is 2. The number of hydrogen-bond acceptors (Lipinski definition) is 4. The lowest BCUT2D eigenvalue weighted by Gasteiger charge is -2.09. The Morgan fingerprint density at radius 2 is 1.96 bits per heavy atom. The fraction of sp³-hybridized carbons (Fsp3) is 0.235. The van der Waals surface area contributed by atoms with E-state index in [1.54, 1.807) is 10.9 Å².